The monoisotopic (exact) mass is 466 g/mol. The van der Waals surface area contributed by atoms with E-state index in [4.69, 9.17) is 26.2 Å². The zero-order valence-corrected chi connectivity index (χ0v) is 17.3. The normalized spacial score (nSPS) is 10.2. The van der Waals surface area contributed by atoms with Crippen molar-refractivity contribution >= 4 is 58.5 Å². The number of benzene rings is 3. The van der Waals surface area contributed by atoms with E-state index < -0.39 is 24.4 Å². The Bertz CT molecular complexity index is 1120. The van der Waals surface area contributed by atoms with E-state index in [9.17, 15) is 19.2 Å². The molecule has 0 aliphatic carbocycles. The van der Waals surface area contributed by atoms with Gasteiger partial charge in [0.2, 0.25) is 0 Å². The third kappa shape index (κ3) is 4.80. The Morgan fingerprint density at radius 2 is 0.706 bits per heavy atom. The fraction of sp³-hybridized carbons (Fsp3) is 0. The van der Waals surface area contributed by atoms with Crippen molar-refractivity contribution in [1.29, 1.82) is 0 Å². The number of nitrogens with two attached hydrogens (primary N) is 1. The van der Waals surface area contributed by atoms with Crippen LogP contribution < -0.4 is 20.4 Å². The lowest BCUT2D eigenvalue weighted by Gasteiger charge is -2.26. The van der Waals surface area contributed by atoms with Gasteiger partial charge in [-0.2, -0.15) is 9.80 Å². The van der Waals surface area contributed by atoms with Crippen LogP contribution >= 0.6 is 0 Å². The van der Waals surface area contributed by atoms with Gasteiger partial charge >= 0.3 is 24.4 Å². The maximum atomic E-state index is 11.3. The number of hydrogen-bond donors (Lipinski definition) is 5. The van der Waals surface area contributed by atoms with Gasteiger partial charge in [-0.25, -0.2) is 19.2 Å². The molecule has 3 rings (SSSR count). The predicted molar refractivity (Wildman–Crippen MR) is 123 cm³/mol. The Balaban J connectivity index is 2.06. The molecule has 12 nitrogen and oxygen atoms in total. The Labute approximate surface area is 191 Å². The van der Waals surface area contributed by atoms with Crippen LogP contribution in [0.1, 0.15) is 0 Å². The average molecular weight is 466 g/mol. The van der Waals surface area contributed by atoms with Crippen molar-refractivity contribution in [3.8, 4) is 0 Å². The minimum absolute atomic E-state index is 0.0880. The molecule has 0 unspecified atom stereocenters. The van der Waals surface area contributed by atoms with Gasteiger partial charge in [-0.15, -0.1) is 0 Å². The standard InChI is InChI=1S/C22H18N4O8/c23-13-1-3-14(4-2-13)24(15-5-9-17(10-6-15)25(19(27)28)20(29)30)16-7-11-18(12-8-16)26(21(31)32)22(33)34/h1-12H,23H2,(H,27,28)(H,29,30)(H,31,32)(H,33,34). The summed E-state index contributed by atoms with van der Waals surface area (Å²) in [7, 11) is 0. The summed E-state index contributed by atoms with van der Waals surface area (Å²) in [6, 6.07) is 18.0. The fourth-order valence-corrected chi connectivity index (χ4v) is 3.18. The summed E-state index contributed by atoms with van der Waals surface area (Å²) < 4.78 is 0. The zero-order chi connectivity index (χ0) is 25.0. The van der Waals surface area contributed by atoms with Crippen molar-refractivity contribution in [1.82, 2.24) is 0 Å². The molecule has 0 aliphatic heterocycles. The predicted octanol–water partition coefficient (Wildman–Crippen LogP) is 5.06. The maximum absolute atomic E-state index is 11.3. The molecule has 0 bridgehead atoms. The van der Waals surface area contributed by atoms with Gasteiger partial charge in [-0.1, -0.05) is 0 Å². The molecule has 12 heteroatoms. The Hall–Kier alpha value is -5.26. The number of carbonyl (C=O) groups is 4. The molecule has 3 aromatic rings. The second-order valence-corrected chi connectivity index (χ2v) is 6.76. The van der Waals surface area contributed by atoms with Gasteiger partial charge in [0.05, 0.1) is 11.4 Å². The molecular formula is C22H18N4O8. The van der Waals surface area contributed by atoms with Gasteiger partial charge in [0.1, 0.15) is 0 Å². The first kappa shape index (κ1) is 23.4. The second-order valence-electron chi connectivity index (χ2n) is 6.76. The summed E-state index contributed by atoms with van der Waals surface area (Å²) in [5, 5.41) is 36.6. The highest BCUT2D eigenvalue weighted by molar-refractivity contribution is 6.08. The largest absolute Gasteiger partial charge is 0.464 e. The molecule has 0 aromatic heterocycles. The van der Waals surface area contributed by atoms with E-state index in [1.54, 1.807) is 29.2 Å². The highest BCUT2D eigenvalue weighted by Crippen LogP contribution is 2.36. The van der Waals surface area contributed by atoms with Crippen molar-refractivity contribution in [3.05, 3.63) is 72.8 Å². The molecule has 4 amide bonds. The van der Waals surface area contributed by atoms with E-state index in [0.717, 1.165) is 0 Å². The molecular weight excluding hydrogens is 448 g/mol. The third-order valence-electron chi connectivity index (χ3n) is 4.65. The van der Waals surface area contributed by atoms with Gasteiger partial charge in [0, 0.05) is 22.7 Å². The summed E-state index contributed by atoms with van der Waals surface area (Å²) in [6.07, 6.45) is -6.64. The van der Waals surface area contributed by atoms with Gasteiger partial charge in [0.15, 0.2) is 0 Å². The van der Waals surface area contributed by atoms with Gasteiger partial charge in [-0.3, -0.25) is 0 Å². The SMILES string of the molecule is Nc1ccc(N(c2ccc(N(C(=O)O)C(=O)O)cc2)c2ccc(N(C(=O)O)C(=O)O)cc2)cc1. The van der Waals surface area contributed by atoms with Crippen LogP contribution in [0, 0.1) is 0 Å². The van der Waals surface area contributed by atoms with Crippen LogP contribution in [0.25, 0.3) is 0 Å². The number of nitrogen functional groups attached to an aromatic ring is 1. The van der Waals surface area contributed by atoms with Crippen LogP contribution in [0.2, 0.25) is 0 Å². The zero-order valence-electron chi connectivity index (χ0n) is 17.3. The summed E-state index contributed by atoms with van der Waals surface area (Å²) in [4.78, 5) is 47.0. The number of imide groups is 2. The lowest BCUT2D eigenvalue weighted by atomic mass is 10.1. The summed E-state index contributed by atoms with van der Waals surface area (Å²) in [5.74, 6) is 0. The van der Waals surface area contributed by atoms with E-state index in [-0.39, 0.29) is 21.2 Å². The molecule has 174 valence electrons. The van der Waals surface area contributed by atoms with Crippen molar-refractivity contribution in [2.45, 2.75) is 0 Å². The molecule has 0 fully saturated rings. The molecule has 3 aromatic carbocycles. The van der Waals surface area contributed by atoms with Crippen molar-refractivity contribution in [2.75, 3.05) is 20.4 Å². The van der Waals surface area contributed by atoms with E-state index in [0.29, 0.717) is 22.7 Å². The first-order valence-corrected chi connectivity index (χ1v) is 9.48. The minimum Gasteiger partial charge on any atom is -0.464 e. The van der Waals surface area contributed by atoms with Crippen LogP contribution in [0.3, 0.4) is 0 Å². The summed E-state index contributed by atoms with van der Waals surface area (Å²) in [6.45, 7) is 0. The third-order valence-corrected chi connectivity index (χ3v) is 4.65. The van der Waals surface area contributed by atoms with Crippen LogP contribution in [-0.2, 0) is 0 Å². The maximum Gasteiger partial charge on any atom is 0.421 e. The minimum atomic E-state index is -1.66. The smallest absolute Gasteiger partial charge is 0.421 e. The lowest BCUT2D eigenvalue weighted by molar-refractivity contribution is 0.182. The Kier molecular flexibility index (Phi) is 6.53. The lowest BCUT2D eigenvalue weighted by Crippen LogP contribution is -2.34. The average Bonchev–Trinajstić information content (AvgIpc) is 2.76. The first-order chi connectivity index (χ1) is 16.1. The number of anilines is 6. The van der Waals surface area contributed by atoms with Crippen molar-refractivity contribution < 1.29 is 39.6 Å². The van der Waals surface area contributed by atoms with Crippen molar-refractivity contribution in [3.63, 3.8) is 0 Å². The first-order valence-electron chi connectivity index (χ1n) is 9.48. The van der Waals surface area contributed by atoms with Crippen LogP contribution in [0.5, 0.6) is 0 Å². The highest BCUT2D eigenvalue weighted by Gasteiger charge is 2.24. The number of carboxylic acid groups (broad SMARTS) is 4. The number of hydrogen-bond acceptors (Lipinski definition) is 6. The summed E-state index contributed by atoms with van der Waals surface area (Å²) >= 11 is 0. The van der Waals surface area contributed by atoms with Crippen LogP contribution in [-0.4, -0.2) is 44.8 Å². The molecule has 0 radical (unpaired) electrons. The number of nitrogens with zero attached hydrogens (tertiary/aromatic N) is 3. The fourth-order valence-electron chi connectivity index (χ4n) is 3.18. The van der Waals surface area contributed by atoms with Gasteiger partial charge < -0.3 is 31.1 Å². The molecule has 0 atom stereocenters. The van der Waals surface area contributed by atoms with Crippen LogP contribution in [0.15, 0.2) is 72.8 Å². The van der Waals surface area contributed by atoms with E-state index in [1.165, 1.54) is 48.5 Å². The number of rotatable bonds is 5. The molecule has 0 saturated carbocycles. The molecule has 0 saturated heterocycles. The molecule has 0 spiro atoms. The van der Waals surface area contributed by atoms with E-state index in [2.05, 4.69) is 0 Å². The number of amides is 4. The van der Waals surface area contributed by atoms with E-state index in [1.807, 2.05) is 0 Å². The van der Waals surface area contributed by atoms with Gasteiger partial charge in [0.25, 0.3) is 0 Å². The van der Waals surface area contributed by atoms with E-state index >= 15 is 0 Å². The Morgan fingerprint density at radius 3 is 0.971 bits per heavy atom. The molecule has 6 N–H and O–H groups in total. The quantitative estimate of drug-likeness (QED) is 0.318. The topological polar surface area (TPSA) is 185 Å². The van der Waals surface area contributed by atoms with Crippen molar-refractivity contribution in [2.24, 2.45) is 0 Å². The second kappa shape index (κ2) is 9.48. The highest BCUT2D eigenvalue weighted by atomic mass is 16.4. The Morgan fingerprint density at radius 1 is 0.471 bits per heavy atom. The van der Waals surface area contributed by atoms with Gasteiger partial charge in [-0.05, 0) is 72.8 Å². The molecule has 34 heavy (non-hydrogen) atoms. The molecule has 0 aliphatic rings. The molecule has 0 heterocycles. The van der Waals surface area contributed by atoms with Crippen LogP contribution in [0.4, 0.5) is 53.3 Å². The summed E-state index contributed by atoms with van der Waals surface area (Å²) in [5.41, 5.74) is 7.73.